The Balaban J connectivity index is 1.77. The Hall–Kier alpha value is -1.89. The zero-order valence-corrected chi connectivity index (χ0v) is 16.7. The Morgan fingerprint density at radius 2 is 1.96 bits per heavy atom. The van der Waals surface area contributed by atoms with Crippen molar-refractivity contribution in [1.82, 2.24) is 25.0 Å². The van der Waals surface area contributed by atoms with Gasteiger partial charge >= 0.3 is 0 Å². The van der Waals surface area contributed by atoms with E-state index in [0.29, 0.717) is 6.54 Å². The lowest BCUT2D eigenvalue weighted by Crippen LogP contribution is -2.53. The van der Waals surface area contributed by atoms with Crippen LogP contribution in [0.4, 0.5) is 5.95 Å². The van der Waals surface area contributed by atoms with Gasteiger partial charge in [0.1, 0.15) is 6.33 Å². The van der Waals surface area contributed by atoms with Gasteiger partial charge < -0.3 is 15.1 Å². The molecule has 0 aromatic carbocycles. The van der Waals surface area contributed by atoms with E-state index in [1.54, 1.807) is 6.33 Å². The second-order valence-corrected chi connectivity index (χ2v) is 7.95. The molecule has 2 aliphatic rings. The van der Waals surface area contributed by atoms with Crippen LogP contribution in [0.25, 0.3) is 0 Å². The largest absolute Gasteiger partial charge is 0.350 e. The summed E-state index contributed by atoms with van der Waals surface area (Å²) in [5, 5.41) is 7.55. The van der Waals surface area contributed by atoms with Crippen LogP contribution < -0.4 is 10.2 Å². The van der Waals surface area contributed by atoms with Crippen molar-refractivity contribution in [2.45, 2.75) is 64.0 Å². The van der Waals surface area contributed by atoms with E-state index in [1.165, 1.54) is 25.7 Å². The molecule has 0 unspecified atom stereocenters. The number of hydrogen-bond acceptors (Lipinski definition) is 5. The van der Waals surface area contributed by atoms with E-state index in [-0.39, 0.29) is 17.5 Å². The molecule has 1 aromatic rings. The van der Waals surface area contributed by atoms with Crippen LogP contribution in [0.2, 0.25) is 0 Å². The van der Waals surface area contributed by atoms with Crippen LogP contribution >= 0.6 is 0 Å². The maximum Gasteiger partial charge on any atom is 0.251 e. The van der Waals surface area contributed by atoms with E-state index >= 15 is 0 Å². The van der Waals surface area contributed by atoms with Gasteiger partial charge in [-0.1, -0.05) is 25.7 Å². The smallest absolute Gasteiger partial charge is 0.251 e. The zero-order chi connectivity index (χ0) is 18.9. The summed E-state index contributed by atoms with van der Waals surface area (Å²) in [6, 6.07) is -0.117. The fourth-order valence-corrected chi connectivity index (χ4v) is 4.38. The summed E-state index contributed by atoms with van der Waals surface area (Å²) in [4.78, 5) is 21.7. The molecule has 1 aromatic heterocycles. The minimum absolute atomic E-state index is 0.00784. The van der Waals surface area contributed by atoms with E-state index in [4.69, 9.17) is 0 Å². The summed E-state index contributed by atoms with van der Waals surface area (Å²) in [6.45, 7) is 4.68. The summed E-state index contributed by atoms with van der Waals surface area (Å²) >= 11 is 0. The minimum Gasteiger partial charge on any atom is -0.350 e. The fourth-order valence-electron chi connectivity index (χ4n) is 4.38. The normalized spacial score (nSPS) is 23.0. The van der Waals surface area contributed by atoms with E-state index in [0.717, 1.165) is 30.1 Å². The number of carbonyl (C=O) groups excluding carboxylic acids is 1. The van der Waals surface area contributed by atoms with Crippen LogP contribution in [0.1, 0.15) is 58.4 Å². The highest BCUT2D eigenvalue weighted by Gasteiger charge is 2.36. The first-order chi connectivity index (χ1) is 12.4. The molecular formula is C19H32N6O. The highest BCUT2D eigenvalue weighted by molar-refractivity contribution is 5.96. The number of aromatic nitrogens is 3. The maximum absolute atomic E-state index is 13.1. The summed E-state index contributed by atoms with van der Waals surface area (Å²) in [7, 11) is 6.21. The number of fused-ring (bicyclic) bond motifs is 1. The van der Waals surface area contributed by atoms with Crippen LogP contribution in [0.15, 0.2) is 17.6 Å². The van der Waals surface area contributed by atoms with Crippen LogP contribution in [0.5, 0.6) is 0 Å². The number of anilines is 1. The molecule has 7 nitrogen and oxygen atoms in total. The van der Waals surface area contributed by atoms with Crippen molar-refractivity contribution in [2.24, 2.45) is 0 Å². The Morgan fingerprint density at radius 3 is 2.58 bits per heavy atom. The lowest BCUT2D eigenvalue weighted by molar-refractivity contribution is -0.118. The molecule has 144 valence electrons. The van der Waals surface area contributed by atoms with Crippen LogP contribution in [0.3, 0.4) is 0 Å². The van der Waals surface area contributed by atoms with Gasteiger partial charge in [-0.25, -0.2) is 4.68 Å². The van der Waals surface area contributed by atoms with Crippen molar-refractivity contribution in [1.29, 1.82) is 0 Å². The quantitative estimate of drug-likeness (QED) is 0.835. The zero-order valence-electron chi connectivity index (χ0n) is 16.7. The number of hydrogen-bond donors (Lipinski definition) is 1. The molecule has 1 aliphatic carbocycles. The number of likely N-dealkylation sites (N-methyl/N-ethyl adjacent to an activating group) is 1. The monoisotopic (exact) mass is 360 g/mol. The molecule has 1 N–H and O–H groups in total. The SMILES string of the molecule is CC1=C(C(=O)NCC2(N(C)C)CCCCCC2)[C@@H](C)n2ncnc2N1C. The van der Waals surface area contributed by atoms with Gasteiger partial charge in [0.05, 0.1) is 11.6 Å². The van der Waals surface area contributed by atoms with Crippen LogP contribution in [-0.2, 0) is 4.79 Å². The summed E-state index contributed by atoms with van der Waals surface area (Å²) in [5.41, 5.74) is 1.77. The van der Waals surface area contributed by atoms with Gasteiger partial charge in [0.2, 0.25) is 5.95 Å². The van der Waals surface area contributed by atoms with Gasteiger partial charge in [-0.2, -0.15) is 10.1 Å². The lowest BCUT2D eigenvalue weighted by Gasteiger charge is -2.40. The van der Waals surface area contributed by atoms with Crippen molar-refractivity contribution in [2.75, 3.05) is 32.6 Å². The molecule has 0 saturated heterocycles. The number of nitrogens with one attached hydrogen (secondary N) is 1. The highest BCUT2D eigenvalue weighted by atomic mass is 16.1. The molecule has 1 saturated carbocycles. The number of nitrogens with zero attached hydrogens (tertiary/aromatic N) is 5. The van der Waals surface area contributed by atoms with Gasteiger partial charge in [0, 0.05) is 24.8 Å². The predicted molar refractivity (Wildman–Crippen MR) is 103 cm³/mol. The Bertz CT molecular complexity index is 684. The number of allylic oxidation sites excluding steroid dienone is 1. The van der Waals surface area contributed by atoms with Crippen molar-refractivity contribution in [3.63, 3.8) is 0 Å². The van der Waals surface area contributed by atoms with E-state index < -0.39 is 0 Å². The van der Waals surface area contributed by atoms with Gasteiger partial charge in [-0.15, -0.1) is 0 Å². The van der Waals surface area contributed by atoms with E-state index in [1.807, 2.05) is 30.5 Å². The van der Waals surface area contributed by atoms with Crippen LogP contribution in [0, 0.1) is 0 Å². The third-order valence-electron chi connectivity index (χ3n) is 6.34. The first kappa shape index (κ1) is 18.9. The van der Waals surface area contributed by atoms with Crippen molar-refractivity contribution < 1.29 is 4.79 Å². The highest BCUT2D eigenvalue weighted by Crippen LogP contribution is 2.33. The molecule has 7 heteroatoms. The average Bonchev–Trinajstić information content (AvgIpc) is 2.97. The standard InChI is InChI=1S/C19H32N6O/c1-14-16(15(2)25-18(24(14)5)21-13-22-25)17(26)20-12-19(23(3)4)10-8-6-7-9-11-19/h13,15H,6-12H2,1-5H3,(H,20,26)/t15-/m1/s1. The van der Waals surface area contributed by atoms with Crippen molar-refractivity contribution >= 4 is 11.9 Å². The molecular weight excluding hydrogens is 328 g/mol. The fraction of sp³-hybridized carbons (Fsp3) is 0.737. The molecule has 1 aliphatic heterocycles. The molecule has 0 bridgehead atoms. The molecule has 2 heterocycles. The maximum atomic E-state index is 13.1. The third kappa shape index (κ3) is 3.24. The molecule has 1 atom stereocenters. The molecule has 3 rings (SSSR count). The molecule has 26 heavy (non-hydrogen) atoms. The Morgan fingerprint density at radius 1 is 1.31 bits per heavy atom. The third-order valence-corrected chi connectivity index (χ3v) is 6.34. The second kappa shape index (κ2) is 7.39. The van der Waals surface area contributed by atoms with Gasteiger partial charge in [0.25, 0.3) is 5.91 Å². The number of amides is 1. The molecule has 0 spiro atoms. The minimum atomic E-state index is -0.117. The Kier molecular flexibility index (Phi) is 5.37. The first-order valence-electron chi connectivity index (χ1n) is 9.67. The van der Waals surface area contributed by atoms with Gasteiger partial charge in [-0.3, -0.25) is 4.79 Å². The number of carbonyl (C=O) groups is 1. The molecule has 0 radical (unpaired) electrons. The topological polar surface area (TPSA) is 66.3 Å². The summed E-state index contributed by atoms with van der Waals surface area (Å²) < 4.78 is 1.81. The van der Waals surface area contributed by atoms with Gasteiger partial charge in [0.15, 0.2) is 0 Å². The predicted octanol–water partition coefficient (Wildman–Crippen LogP) is 2.33. The van der Waals surface area contributed by atoms with Crippen LogP contribution in [-0.4, -0.2) is 58.8 Å². The van der Waals surface area contributed by atoms with Crippen molar-refractivity contribution in [3.05, 3.63) is 17.6 Å². The molecule has 1 amide bonds. The summed E-state index contributed by atoms with van der Waals surface area (Å²) in [6.07, 6.45) is 8.88. The van der Waals surface area contributed by atoms with E-state index in [2.05, 4.69) is 34.4 Å². The molecule has 1 fully saturated rings. The average molecular weight is 361 g/mol. The van der Waals surface area contributed by atoms with Gasteiger partial charge in [-0.05, 0) is 40.8 Å². The second-order valence-electron chi connectivity index (χ2n) is 7.95. The summed E-state index contributed by atoms with van der Waals surface area (Å²) in [5.74, 6) is 0.786. The van der Waals surface area contributed by atoms with Crippen molar-refractivity contribution in [3.8, 4) is 0 Å². The Labute approximate surface area is 156 Å². The first-order valence-corrected chi connectivity index (χ1v) is 9.67. The lowest BCUT2D eigenvalue weighted by atomic mass is 9.88. The number of rotatable bonds is 4. The van der Waals surface area contributed by atoms with E-state index in [9.17, 15) is 4.79 Å².